The third kappa shape index (κ3) is 7.06. The van der Waals surface area contributed by atoms with Crippen LogP contribution in [0.2, 0.25) is 0 Å². The third-order valence-corrected chi connectivity index (χ3v) is 6.30. The molecule has 1 amide bonds. The molecule has 37 heavy (non-hydrogen) atoms. The predicted octanol–water partition coefficient (Wildman–Crippen LogP) is 1.73. The lowest BCUT2D eigenvalue weighted by Gasteiger charge is -2.20. The summed E-state index contributed by atoms with van der Waals surface area (Å²) in [5.41, 5.74) is 7.01. The molecule has 0 saturated carbocycles. The first kappa shape index (κ1) is 27.2. The Morgan fingerprint density at radius 2 is 1.70 bits per heavy atom. The van der Waals surface area contributed by atoms with Crippen LogP contribution in [0.3, 0.4) is 0 Å². The summed E-state index contributed by atoms with van der Waals surface area (Å²) in [4.78, 5) is 24.6. The highest BCUT2D eigenvalue weighted by Crippen LogP contribution is 2.29. The number of benzene rings is 3. The topological polar surface area (TPSA) is 195 Å². The van der Waals surface area contributed by atoms with Gasteiger partial charge in [0.15, 0.2) is 11.5 Å². The SMILES string of the molecule is COC(=O)CC(CNC(=O)c1ccc(-c2ccccc2S(N)(=O)=O)cc1)Oc1cc(C(=N)N)ccc1O. The lowest BCUT2D eigenvalue weighted by molar-refractivity contribution is -0.142. The number of nitrogens with two attached hydrogens (primary N) is 2. The molecule has 12 heteroatoms. The van der Waals surface area contributed by atoms with E-state index in [1.807, 2.05) is 0 Å². The van der Waals surface area contributed by atoms with E-state index in [1.54, 1.807) is 30.3 Å². The average molecular weight is 527 g/mol. The number of aromatic hydroxyl groups is 1. The molecule has 11 nitrogen and oxygen atoms in total. The van der Waals surface area contributed by atoms with Crippen molar-refractivity contribution < 1.29 is 32.6 Å². The van der Waals surface area contributed by atoms with Crippen LogP contribution in [0.5, 0.6) is 11.5 Å². The molecule has 1 atom stereocenters. The summed E-state index contributed by atoms with van der Waals surface area (Å²) < 4.78 is 34.2. The molecule has 0 aliphatic rings. The second kappa shape index (κ2) is 11.5. The number of sulfonamides is 1. The summed E-state index contributed by atoms with van der Waals surface area (Å²) in [5, 5.41) is 25.6. The van der Waals surface area contributed by atoms with Crippen LogP contribution in [0.4, 0.5) is 0 Å². The van der Waals surface area contributed by atoms with Crippen LogP contribution < -0.4 is 20.9 Å². The standard InChI is InChI=1S/C25H26N4O7S/c1-35-23(31)13-18(36-21-12-17(24(26)27)10-11-20(21)30)14-29-25(32)16-8-6-15(7-9-16)19-4-2-3-5-22(19)37(28,33)34/h2-12,18,30H,13-14H2,1H3,(H3,26,27)(H,29,32)(H2,28,33,34). The molecule has 3 aromatic rings. The molecule has 0 aliphatic heterocycles. The van der Waals surface area contributed by atoms with Crippen LogP contribution in [-0.2, 0) is 19.6 Å². The number of amides is 1. The number of phenols is 1. The summed E-state index contributed by atoms with van der Waals surface area (Å²) in [7, 11) is -2.73. The first-order chi connectivity index (χ1) is 17.5. The van der Waals surface area contributed by atoms with Crippen LogP contribution in [0.1, 0.15) is 22.3 Å². The first-order valence-corrected chi connectivity index (χ1v) is 12.5. The minimum Gasteiger partial charge on any atom is -0.504 e. The molecule has 3 rings (SSSR count). The van der Waals surface area contributed by atoms with E-state index in [4.69, 9.17) is 25.8 Å². The maximum absolute atomic E-state index is 12.7. The van der Waals surface area contributed by atoms with Gasteiger partial charge in [0.2, 0.25) is 10.0 Å². The molecule has 0 fully saturated rings. The fourth-order valence-corrected chi connectivity index (χ4v) is 4.20. The molecule has 0 spiro atoms. The van der Waals surface area contributed by atoms with Crippen molar-refractivity contribution in [2.75, 3.05) is 13.7 Å². The smallest absolute Gasteiger partial charge is 0.309 e. The summed E-state index contributed by atoms with van der Waals surface area (Å²) in [6.45, 7) is -0.117. The zero-order valence-corrected chi connectivity index (χ0v) is 20.6. The molecule has 0 saturated heterocycles. The van der Waals surface area contributed by atoms with Crippen LogP contribution in [-0.4, -0.2) is 51.0 Å². The summed E-state index contributed by atoms with van der Waals surface area (Å²) in [5.74, 6) is -1.57. The Labute approximate surface area is 213 Å². The largest absolute Gasteiger partial charge is 0.504 e. The quantitative estimate of drug-likeness (QED) is 0.150. The second-order valence-electron chi connectivity index (χ2n) is 7.94. The van der Waals surface area contributed by atoms with Crippen molar-refractivity contribution in [1.82, 2.24) is 5.32 Å². The monoisotopic (exact) mass is 526 g/mol. The third-order valence-electron chi connectivity index (χ3n) is 5.33. The molecule has 0 aromatic heterocycles. The highest BCUT2D eigenvalue weighted by atomic mass is 32.2. The van der Waals surface area contributed by atoms with Crippen LogP contribution in [0, 0.1) is 5.41 Å². The lowest BCUT2D eigenvalue weighted by Crippen LogP contribution is -2.37. The van der Waals surface area contributed by atoms with Crippen molar-refractivity contribution in [2.45, 2.75) is 17.4 Å². The van der Waals surface area contributed by atoms with Gasteiger partial charge in [-0.3, -0.25) is 15.0 Å². The minimum absolute atomic E-state index is 0.0197. The molecular weight excluding hydrogens is 500 g/mol. The molecule has 7 N–H and O–H groups in total. The minimum atomic E-state index is -3.94. The van der Waals surface area contributed by atoms with Gasteiger partial charge in [0.25, 0.3) is 5.91 Å². The number of nitrogen functional groups attached to an aromatic ring is 1. The maximum atomic E-state index is 12.7. The Kier molecular flexibility index (Phi) is 8.48. The van der Waals surface area contributed by atoms with Gasteiger partial charge in [-0.25, -0.2) is 13.6 Å². The molecule has 3 aromatic carbocycles. The fraction of sp³-hybridized carbons (Fsp3) is 0.160. The van der Waals surface area contributed by atoms with E-state index in [-0.39, 0.29) is 40.8 Å². The van der Waals surface area contributed by atoms with Crippen LogP contribution in [0.25, 0.3) is 11.1 Å². The number of hydrogen-bond acceptors (Lipinski definition) is 8. The highest BCUT2D eigenvalue weighted by Gasteiger charge is 2.20. The predicted molar refractivity (Wildman–Crippen MR) is 136 cm³/mol. The van der Waals surface area contributed by atoms with Gasteiger partial charge in [-0.05, 0) is 42.0 Å². The Balaban J connectivity index is 1.75. The van der Waals surface area contributed by atoms with E-state index in [1.165, 1.54) is 43.5 Å². The first-order valence-electron chi connectivity index (χ1n) is 10.9. The second-order valence-corrected chi connectivity index (χ2v) is 9.47. The van der Waals surface area contributed by atoms with Crippen molar-refractivity contribution in [3.8, 4) is 22.6 Å². The number of carbonyl (C=O) groups excluding carboxylic acids is 2. The normalized spacial score (nSPS) is 11.8. The number of hydrogen-bond donors (Lipinski definition) is 5. The molecule has 0 aliphatic carbocycles. The number of phenolic OH excluding ortho intramolecular Hbond substituents is 1. The van der Waals surface area contributed by atoms with Crippen molar-refractivity contribution >= 4 is 27.7 Å². The highest BCUT2D eigenvalue weighted by molar-refractivity contribution is 7.89. The van der Waals surface area contributed by atoms with Crippen LogP contribution in [0.15, 0.2) is 71.6 Å². The number of nitrogens with one attached hydrogen (secondary N) is 2. The Bertz CT molecular complexity index is 1420. The zero-order valence-electron chi connectivity index (χ0n) is 19.8. The Morgan fingerprint density at radius 1 is 1.05 bits per heavy atom. The van der Waals surface area contributed by atoms with E-state index in [2.05, 4.69) is 5.32 Å². The number of esters is 1. The van der Waals surface area contributed by atoms with Gasteiger partial charge in [-0.1, -0.05) is 30.3 Å². The van der Waals surface area contributed by atoms with Crippen LogP contribution >= 0.6 is 0 Å². The lowest BCUT2D eigenvalue weighted by atomic mass is 10.0. The van der Waals surface area contributed by atoms with E-state index < -0.39 is 28.0 Å². The summed E-state index contributed by atoms with van der Waals surface area (Å²) in [6.07, 6.45) is -1.14. The fourth-order valence-electron chi connectivity index (χ4n) is 3.44. The van der Waals surface area contributed by atoms with Crippen molar-refractivity contribution in [2.24, 2.45) is 10.9 Å². The number of methoxy groups -OCH3 is 1. The molecule has 0 radical (unpaired) electrons. The summed E-state index contributed by atoms with van der Waals surface area (Å²) >= 11 is 0. The van der Waals surface area contributed by atoms with Crippen molar-refractivity contribution in [3.05, 3.63) is 77.9 Å². The van der Waals surface area contributed by atoms with Gasteiger partial charge in [-0.15, -0.1) is 0 Å². The molecule has 0 heterocycles. The Morgan fingerprint density at radius 3 is 2.32 bits per heavy atom. The van der Waals surface area contributed by atoms with Gasteiger partial charge in [0.05, 0.1) is 25.0 Å². The van der Waals surface area contributed by atoms with E-state index in [9.17, 15) is 23.1 Å². The number of amidine groups is 1. The van der Waals surface area contributed by atoms with Crippen molar-refractivity contribution in [1.29, 1.82) is 5.41 Å². The van der Waals surface area contributed by atoms with E-state index in [0.717, 1.165) is 0 Å². The van der Waals surface area contributed by atoms with Crippen molar-refractivity contribution in [3.63, 3.8) is 0 Å². The zero-order chi connectivity index (χ0) is 27.2. The number of primary sulfonamides is 1. The number of rotatable bonds is 10. The molecule has 194 valence electrons. The molecule has 0 bridgehead atoms. The van der Waals surface area contributed by atoms with E-state index in [0.29, 0.717) is 16.7 Å². The average Bonchev–Trinajstić information content (AvgIpc) is 2.87. The summed E-state index contributed by atoms with van der Waals surface area (Å²) in [6, 6.07) is 16.6. The number of carbonyl (C=O) groups is 2. The van der Waals surface area contributed by atoms with Gasteiger partial charge in [-0.2, -0.15) is 0 Å². The van der Waals surface area contributed by atoms with Gasteiger partial charge in [0, 0.05) is 16.7 Å². The molecular formula is C25H26N4O7S. The molecule has 1 unspecified atom stereocenters. The number of ether oxygens (including phenoxy) is 2. The van der Waals surface area contributed by atoms with Gasteiger partial charge >= 0.3 is 5.97 Å². The van der Waals surface area contributed by atoms with E-state index >= 15 is 0 Å². The van der Waals surface area contributed by atoms with Gasteiger partial charge < -0.3 is 25.6 Å². The maximum Gasteiger partial charge on any atom is 0.309 e. The van der Waals surface area contributed by atoms with Gasteiger partial charge in [0.1, 0.15) is 11.9 Å². The Hall–Kier alpha value is -4.42.